The third-order valence-electron chi connectivity index (χ3n) is 0. The third-order valence-corrected chi connectivity index (χ3v) is 0. The fourth-order valence-electron chi connectivity index (χ4n) is 0. The van der Waals surface area contributed by atoms with Crippen LogP contribution in [0.15, 0.2) is 0 Å². The number of hydrogen-bond donors (Lipinski definition) is 9. The van der Waals surface area contributed by atoms with Crippen LogP contribution in [0.2, 0.25) is 0 Å². The minimum Gasteiger partial charge on any atom is -0.303 e. The van der Waals surface area contributed by atoms with Crippen LogP contribution in [-0.4, -0.2) is 44.0 Å². The Kier molecular flexibility index (Phi) is 18.0. The summed E-state index contributed by atoms with van der Waals surface area (Å²) >= 11 is 0. The minimum atomic E-state index is -4.64. The van der Waals surface area contributed by atoms with Gasteiger partial charge in [0.05, 0.1) is 0 Å². The van der Waals surface area contributed by atoms with Gasteiger partial charge in [-0.05, 0) is 0 Å². The second-order valence-corrected chi connectivity index (χ2v) is 4.62. The monoisotopic (exact) mass is 333 g/mol. The first-order valence-corrected chi connectivity index (χ1v) is 7.04. The predicted molar refractivity (Wildman–Crippen MR) is 42.8 cm³/mol. The summed E-state index contributed by atoms with van der Waals surface area (Å²) in [4.78, 5) is 64.7. The van der Waals surface area contributed by atoms with Crippen molar-refractivity contribution in [1.82, 2.24) is 0 Å². The standard InChI is InChI=1S/K.3H3O4P/c;3*1-5(2,3)4/h;3*(H3,1,2,3,4)/q+1;;;. The van der Waals surface area contributed by atoms with Gasteiger partial charge in [-0.3, -0.25) is 0 Å². The van der Waals surface area contributed by atoms with Gasteiger partial charge in [0.2, 0.25) is 0 Å². The quantitative estimate of drug-likeness (QED) is 0.149. The van der Waals surface area contributed by atoms with Gasteiger partial charge in [0, 0.05) is 0 Å². The van der Waals surface area contributed by atoms with E-state index in [4.69, 9.17) is 57.7 Å². The SMILES string of the molecule is O=P(O)(O)O.O=P(O)(O)O.O=P(O)(O)O.[K+]. The minimum absolute atomic E-state index is 0. The Morgan fingerprint density at radius 1 is 0.438 bits per heavy atom. The van der Waals surface area contributed by atoms with Crippen LogP contribution in [0.4, 0.5) is 0 Å². The first-order chi connectivity index (χ1) is 6.00. The molecule has 0 aliphatic carbocycles. The zero-order chi connectivity index (χ0) is 13.5. The molecule has 9 N–H and O–H groups in total. The van der Waals surface area contributed by atoms with Crippen molar-refractivity contribution in [3.8, 4) is 0 Å². The molecule has 0 saturated carbocycles. The first-order valence-electron chi connectivity index (χ1n) is 2.35. The molecule has 0 aliphatic heterocycles. The van der Waals surface area contributed by atoms with E-state index in [1.807, 2.05) is 0 Å². The Bertz CT molecular complexity index is 202. The van der Waals surface area contributed by atoms with Crippen LogP contribution in [0.1, 0.15) is 0 Å². The van der Waals surface area contributed by atoms with Gasteiger partial charge in [-0.2, -0.15) is 0 Å². The molecule has 0 spiro atoms. The second-order valence-electron chi connectivity index (χ2n) is 1.54. The molecule has 0 aromatic carbocycles. The van der Waals surface area contributed by atoms with Crippen molar-refractivity contribution in [2.45, 2.75) is 0 Å². The van der Waals surface area contributed by atoms with Crippen molar-refractivity contribution in [1.29, 1.82) is 0 Å². The van der Waals surface area contributed by atoms with Crippen LogP contribution < -0.4 is 51.4 Å². The molecule has 0 amide bonds. The van der Waals surface area contributed by atoms with E-state index in [2.05, 4.69) is 0 Å². The largest absolute Gasteiger partial charge is 1.00 e. The maximum absolute atomic E-state index is 8.88. The summed E-state index contributed by atoms with van der Waals surface area (Å²) in [5.41, 5.74) is 0. The van der Waals surface area contributed by atoms with E-state index < -0.39 is 23.5 Å². The molecule has 0 heterocycles. The van der Waals surface area contributed by atoms with E-state index in [1.54, 1.807) is 0 Å². The average molecular weight is 333 g/mol. The molecule has 16 heteroatoms. The summed E-state index contributed by atoms with van der Waals surface area (Å²) in [6.45, 7) is 0. The average Bonchev–Trinajstić information content (AvgIpc) is 1.41. The van der Waals surface area contributed by atoms with Crippen molar-refractivity contribution in [2.75, 3.05) is 0 Å². The van der Waals surface area contributed by atoms with Crippen molar-refractivity contribution < 1.29 is 109 Å². The molecule has 0 saturated heterocycles. The van der Waals surface area contributed by atoms with E-state index in [0.717, 1.165) is 0 Å². The van der Waals surface area contributed by atoms with Gasteiger partial charge in [0.25, 0.3) is 0 Å². The summed E-state index contributed by atoms with van der Waals surface area (Å²) in [6, 6.07) is 0. The zero-order valence-corrected chi connectivity index (χ0v) is 13.4. The molecular weight excluding hydrogens is 324 g/mol. The van der Waals surface area contributed by atoms with Gasteiger partial charge in [0.15, 0.2) is 0 Å². The number of phosphoric acid groups is 3. The predicted octanol–water partition coefficient (Wildman–Crippen LogP) is -5.78. The Morgan fingerprint density at radius 3 is 0.438 bits per heavy atom. The van der Waals surface area contributed by atoms with Gasteiger partial charge < -0.3 is 44.0 Å². The zero-order valence-electron chi connectivity index (χ0n) is 7.59. The van der Waals surface area contributed by atoms with E-state index in [-0.39, 0.29) is 51.4 Å². The van der Waals surface area contributed by atoms with Crippen LogP contribution in [0, 0.1) is 0 Å². The van der Waals surface area contributed by atoms with Crippen molar-refractivity contribution >= 4 is 23.5 Å². The molecular formula is H9KO12P3+. The number of hydrogen-bond acceptors (Lipinski definition) is 3. The second kappa shape index (κ2) is 10.8. The Balaban J connectivity index is -0.0000000655. The van der Waals surface area contributed by atoms with Gasteiger partial charge in [-0.1, -0.05) is 0 Å². The topological polar surface area (TPSA) is 233 Å². The molecule has 0 aliphatic rings. The van der Waals surface area contributed by atoms with E-state index in [9.17, 15) is 0 Å². The Labute approximate surface area is 131 Å². The molecule has 0 unspecified atom stereocenters. The van der Waals surface area contributed by atoms with Gasteiger partial charge in [-0.15, -0.1) is 0 Å². The normalized spacial score (nSPS) is 11.1. The Morgan fingerprint density at radius 2 is 0.438 bits per heavy atom. The fraction of sp³-hybridized carbons (Fsp3) is 0. The summed E-state index contributed by atoms with van der Waals surface area (Å²) in [5.74, 6) is 0. The molecule has 0 aromatic rings. The first kappa shape index (κ1) is 26.5. The van der Waals surface area contributed by atoms with E-state index in [0.29, 0.717) is 0 Å². The summed E-state index contributed by atoms with van der Waals surface area (Å²) < 4.78 is 26.6. The van der Waals surface area contributed by atoms with E-state index in [1.165, 1.54) is 0 Å². The van der Waals surface area contributed by atoms with Gasteiger partial charge in [-0.25, -0.2) is 13.7 Å². The molecule has 0 bridgehead atoms. The molecule has 0 rings (SSSR count). The summed E-state index contributed by atoms with van der Waals surface area (Å²) in [5, 5.41) is 0. The fourth-order valence-corrected chi connectivity index (χ4v) is 0. The van der Waals surface area contributed by atoms with Crippen molar-refractivity contribution in [2.24, 2.45) is 0 Å². The van der Waals surface area contributed by atoms with Gasteiger partial charge >= 0.3 is 74.9 Å². The van der Waals surface area contributed by atoms with Gasteiger partial charge in [0.1, 0.15) is 0 Å². The van der Waals surface area contributed by atoms with Crippen LogP contribution in [0.25, 0.3) is 0 Å². The molecule has 0 fully saturated rings. The summed E-state index contributed by atoms with van der Waals surface area (Å²) in [7, 11) is -13.9. The molecule has 16 heavy (non-hydrogen) atoms. The van der Waals surface area contributed by atoms with Crippen LogP contribution >= 0.6 is 23.5 Å². The van der Waals surface area contributed by atoms with Crippen molar-refractivity contribution in [3.05, 3.63) is 0 Å². The molecule has 0 atom stereocenters. The molecule has 0 radical (unpaired) electrons. The van der Waals surface area contributed by atoms with Crippen LogP contribution in [-0.2, 0) is 13.7 Å². The number of rotatable bonds is 0. The Hall–Kier alpha value is 1.97. The van der Waals surface area contributed by atoms with Crippen molar-refractivity contribution in [3.63, 3.8) is 0 Å². The smallest absolute Gasteiger partial charge is 0.303 e. The van der Waals surface area contributed by atoms with Crippen LogP contribution in [0.3, 0.4) is 0 Å². The third kappa shape index (κ3) is 925. The maximum Gasteiger partial charge on any atom is 1.00 e. The summed E-state index contributed by atoms with van der Waals surface area (Å²) in [6.07, 6.45) is 0. The van der Waals surface area contributed by atoms with Crippen LogP contribution in [0.5, 0.6) is 0 Å². The molecule has 0 aromatic heterocycles. The molecule has 12 nitrogen and oxygen atoms in total. The molecule has 96 valence electrons. The maximum atomic E-state index is 8.88. The van der Waals surface area contributed by atoms with E-state index >= 15 is 0 Å².